The fourth-order valence-electron chi connectivity index (χ4n) is 2.48. The van der Waals surface area contributed by atoms with Crippen molar-refractivity contribution in [2.75, 3.05) is 19.0 Å². The highest BCUT2D eigenvalue weighted by Crippen LogP contribution is 2.23. The Morgan fingerprint density at radius 2 is 2.00 bits per heavy atom. The van der Waals surface area contributed by atoms with Crippen LogP contribution in [0.2, 0.25) is 0 Å². The molecule has 3 rings (SSSR count). The predicted octanol–water partition coefficient (Wildman–Crippen LogP) is 3.37. The summed E-state index contributed by atoms with van der Waals surface area (Å²) in [6.07, 6.45) is 2.50. The van der Waals surface area contributed by atoms with Gasteiger partial charge < -0.3 is 10.1 Å². The third-order valence-electron chi connectivity index (χ3n) is 3.68. The van der Waals surface area contributed by atoms with Crippen LogP contribution in [0.25, 0.3) is 10.3 Å². The molecule has 0 radical (unpaired) electrons. The van der Waals surface area contributed by atoms with Gasteiger partial charge in [-0.15, -0.1) is 11.3 Å². The molecule has 1 aromatic carbocycles. The van der Waals surface area contributed by atoms with Gasteiger partial charge in [0, 0.05) is 6.54 Å². The van der Waals surface area contributed by atoms with Crippen molar-refractivity contribution in [2.24, 2.45) is 0 Å². The van der Waals surface area contributed by atoms with E-state index in [2.05, 4.69) is 46.2 Å². The zero-order valence-electron chi connectivity index (χ0n) is 12.9. The lowest BCUT2D eigenvalue weighted by Gasteiger charge is -2.12. The van der Waals surface area contributed by atoms with Crippen LogP contribution in [0.3, 0.4) is 0 Å². The number of aryl methyl sites for hydroxylation is 2. The van der Waals surface area contributed by atoms with Gasteiger partial charge in [0.05, 0.1) is 12.6 Å². The molecule has 5 nitrogen and oxygen atoms in total. The second-order valence-corrected chi connectivity index (χ2v) is 5.99. The highest BCUT2D eigenvalue weighted by atomic mass is 32.1. The van der Waals surface area contributed by atoms with E-state index in [1.165, 1.54) is 22.5 Å². The second kappa shape index (κ2) is 6.27. The summed E-state index contributed by atoms with van der Waals surface area (Å²) >= 11 is 1.52. The van der Waals surface area contributed by atoms with E-state index in [1.807, 2.05) is 0 Å². The first-order valence-electron chi connectivity index (χ1n) is 7.11. The largest absolute Gasteiger partial charge is 0.496 e. The molecular weight excluding hydrogens is 296 g/mol. The number of hydrogen-bond donors (Lipinski definition) is 1. The molecule has 0 aliphatic rings. The highest BCUT2D eigenvalue weighted by Gasteiger charge is 2.07. The molecule has 6 heteroatoms. The number of fused-ring (bicyclic) bond motifs is 1. The highest BCUT2D eigenvalue weighted by molar-refractivity contribution is 7.16. The summed E-state index contributed by atoms with van der Waals surface area (Å²) in [5, 5.41) is 3.36. The average Bonchev–Trinajstić information content (AvgIpc) is 2.99. The number of aromatic nitrogens is 3. The molecule has 0 fully saturated rings. The van der Waals surface area contributed by atoms with Crippen LogP contribution in [-0.2, 0) is 6.42 Å². The molecule has 2 aromatic heterocycles. The number of methoxy groups -OCH3 is 1. The lowest BCUT2D eigenvalue weighted by atomic mass is 10.0. The maximum absolute atomic E-state index is 5.35. The standard InChI is InChI=1S/C16H18N4OS/c1-10-7-13(21-3)11(2)6-12(10)4-5-17-15-14-16(19-8-18-15)22-9-20-14/h6-9H,4-5H2,1-3H3,(H,17,18,19). The first-order valence-corrected chi connectivity index (χ1v) is 7.99. The summed E-state index contributed by atoms with van der Waals surface area (Å²) in [4.78, 5) is 13.7. The van der Waals surface area contributed by atoms with E-state index < -0.39 is 0 Å². The maximum Gasteiger partial charge on any atom is 0.156 e. The number of thiazole rings is 1. The number of rotatable bonds is 5. The molecule has 0 spiro atoms. The number of ether oxygens (including phenoxy) is 1. The van der Waals surface area contributed by atoms with Crippen LogP contribution in [0.5, 0.6) is 5.75 Å². The van der Waals surface area contributed by atoms with Crippen LogP contribution in [-0.4, -0.2) is 28.6 Å². The number of nitrogens with one attached hydrogen (secondary N) is 1. The molecule has 1 N–H and O–H groups in total. The van der Waals surface area contributed by atoms with Crippen LogP contribution >= 0.6 is 11.3 Å². The molecule has 0 saturated carbocycles. The van der Waals surface area contributed by atoms with Crippen molar-refractivity contribution in [3.05, 3.63) is 40.7 Å². The third kappa shape index (κ3) is 2.87. The summed E-state index contributed by atoms with van der Waals surface area (Å²) in [6, 6.07) is 4.28. The lowest BCUT2D eigenvalue weighted by Crippen LogP contribution is -2.08. The van der Waals surface area contributed by atoms with E-state index in [0.717, 1.165) is 40.4 Å². The van der Waals surface area contributed by atoms with E-state index in [9.17, 15) is 0 Å². The van der Waals surface area contributed by atoms with Crippen LogP contribution in [0.15, 0.2) is 24.0 Å². The molecule has 22 heavy (non-hydrogen) atoms. The smallest absolute Gasteiger partial charge is 0.156 e. The van der Waals surface area contributed by atoms with E-state index in [4.69, 9.17) is 4.74 Å². The van der Waals surface area contributed by atoms with Gasteiger partial charge in [0.15, 0.2) is 5.82 Å². The molecular formula is C16H18N4OS. The van der Waals surface area contributed by atoms with Gasteiger partial charge in [0.25, 0.3) is 0 Å². The Balaban J connectivity index is 1.71. The Morgan fingerprint density at radius 3 is 2.82 bits per heavy atom. The van der Waals surface area contributed by atoms with Gasteiger partial charge in [-0.25, -0.2) is 15.0 Å². The third-order valence-corrected chi connectivity index (χ3v) is 4.41. The van der Waals surface area contributed by atoms with Gasteiger partial charge in [-0.3, -0.25) is 0 Å². The zero-order valence-corrected chi connectivity index (χ0v) is 13.7. The minimum Gasteiger partial charge on any atom is -0.496 e. The molecule has 0 saturated heterocycles. The van der Waals surface area contributed by atoms with Crippen molar-refractivity contribution < 1.29 is 4.74 Å². The molecule has 0 aliphatic heterocycles. The first-order chi connectivity index (χ1) is 10.7. The second-order valence-electron chi connectivity index (χ2n) is 5.15. The summed E-state index contributed by atoms with van der Waals surface area (Å²) < 4.78 is 5.35. The van der Waals surface area contributed by atoms with E-state index in [1.54, 1.807) is 18.9 Å². The van der Waals surface area contributed by atoms with Crippen molar-refractivity contribution in [3.63, 3.8) is 0 Å². The van der Waals surface area contributed by atoms with Gasteiger partial charge in [0.2, 0.25) is 0 Å². The SMILES string of the molecule is COc1cc(C)c(CCNc2ncnc3scnc23)cc1C. The van der Waals surface area contributed by atoms with Gasteiger partial charge in [-0.1, -0.05) is 6.07 Å². The molecule has 0 aliphatic carbocycles. The molecule has 0 atom stereocenters. The zero-order chi connectivity index (χ0) is 15.5. The van der Waals surface area contributed by atoms with Crippen LogP contribution in [0, 0.1) is 13.8 Å². The Bertz CT molecular complexity index is 800. The number of nitrogens with zero attached hydrogens (tertiary/aromatic N) is 3. The van der Waals surface area contributed by atoms with E-state index in [0.29, 0.717) is 0 Å². The topological polar surface area (TPSA) is 59.9 Å². The molecule has 0 unspecified atom stereocenters. The fraction of sp³-hybridized carbons (Fsp3) is 0.312. The van der Waals surface area contributed by atoms with Crippen molar-refractivity contribution >= 4 is 27.5 Å². The summed E-state index contributed by atoms with van der Waals surface area (Å²) in [5.74, 6) is 1.74. The summed E-state index contributed by atoms with van der Waals surface area (Å²) in [5.41, 5.74) is 6.35. The molecule has 2 heterocycles. The summed E-state index contributed by atoms with van der Waals surface area (Å²) in [7, 11) is 1.71. The van der Waals surface area contributed by atoms with Gasteiger partial charge >= 0.3 is 0 Å². The minimum atomic E-state index is 0.800. The monoisotopic (exact) mass is 314 g/mol. The quantitative estimate of drug-likeness (QED) is 0.782. The molecule has 0 amide bonds. The van der Waals surface area contributed by atoms with Gasteiger partial charge in [-0.2, -0.15) is 0 Å². The molecule has 0 bridgehead atoms. The Labute approximate surface area is 133 Å². The number of anilines is 1. The van der Waals surface area contributed by atoms with Gasteiger partial charge in [0.1, 0.15) is 22.4 Å². The summed E-state index contributed by atoms with van der Waals surface area (Å²) in [6.45, 7) is 4.98. The van der Waals surface area contributed by atoms with Gasteiger partial charge in [-0.05, 0) is 43.0 Å². The molecule has 114 valence electrons. The fourth-order valence-corrected chi connectivity index (χ4v) is 3.10. The molecule has 3 aromatic rings. The first kappa shape index (κ1) is 14.7. The average molecular weight is 314 g/mol. The van der Waals surface area contributed by atoms with Crippen LogP contribution in [0.4, 0.5) is 5.82 Å². The van der Waals surface area contributed by atoms with Crippen LogP contribution < -0.4 is 10.1 Å². The number of benzene rings is 1. The lowest BCUT2D eigenvalue weighted by molar-refractivity contribution is 0.411. The Kier molecular flexibility index (Phi) is 4.20. The van der Waals surface area contributed by atoms with Crippen molar-refractivity contribution in [1.29, 1.82) is 0 Å². The Morgan fingerprint density at radius 1 is 1.14 bits per heavy atom. The normalized spacial score (nSPS) is 10.9. The van der Waals surface area contributed by atoms with Crippen molar-refractivity contribution in [2.45, 2.75) is 20.3 Å². The predicted molar refractivity (Wildman–Crippen MR) is 89.9 cm³/mol. The van der Waals surface area contributed by atoms with Crippen molar-refractivity contribution in [1.82, 2.24) is 15.0 Å². The maximum atomic E-state index is 5.35. The van der Waals surface area contributed by atoms with E-state index >= 15 is 0 Å². The minimum absolute atomic E-state index is 0.800. The van der Waals surface area contributed by atoms with Crippen molar-refractivity contribution in [3.8, 4) is 5.75 Å². The van der Waals surface area contributed by atoms with Crippen LogP contribution in [0.1, 0.15) is 16.7 Å². The number of hydrogen-bond acceptors (Lipinski definition) is 6. The Hall–Kier alpha value is -2.21. The van der Waals surface area contributed by atoms with E-state index in [-0.39, 0.29) is 0 Å².